The lowest BCUT2D eigenvalue weighted by molar-refractivity contribution is 0.473. The van der Waals surface area contributed by atoms with Gasteiger partial charge in [0.05, 0.1) is 4.90 Å². The second-order valence-electron chi connectivity index (χ2n) is 3.52. The number of sulfonamides is 1. The molecule has 0 spiro atoms. The molecule has 0 aromatic heterocycles. The first-order chi connectivity index (χ1) is 7.34. The zero-order chi connectivity index (χ0) is 12.3. The minimum absolute atomic E-state index is 0.0249. The van der Waals surface area contributed by atoms with E-state index >= 15 is 0 Å². The summed E-state index contributed by atoms with van der Waals surface area (Å²) in [4.78, 5) is 0.0176. The lowest BCUT2D eigenvalue weighted by Crippen LogP contribution is -2.31. The van der Waals surface area contributed by atoms with Crippen molar-refractivity contribution >= 4 is 26.0 Å². The Morgan fingerprint density at radius 3 is 2.62 bits per heavy atom. The van der Waals surface area contributed by atoms with Gasteiger partial charge in [0.15, 0.2) is 0 Å². The molecule has 0 aliphatic carbocycles. The number of hydrogen-bond acceptors (Lipinski definition) is 2. The maximum atomic E-state index is 12.9. The molecule has 1 rings (SSSR count). The molecule has 1 atom stereocenters. The molecule has 6 heteroatoms. The van der Waals surface area contributed by atoms with E-state index in [0.717, 1.165) is 6.07 Å². The van der Waals surface area contributed by atoms with Crippen molar-refractivity contribution in [2.45, 2.75) is 16.6 Å². The first-order valence-electron chi connectivity index (χ1n) is 4.70. The molecule has 0 amide bonds. The quantitative estimate of drug-likeness (QED) is 0.800. The van der Waals surface area contributed by atoms with Gasteiger partial charge in [0.2, 0.25) is 10.0 Å². The molecule has 16 heavy (non-hydrogen) atoms. The molecule has 0 N–H and O–H groups in total. The van der Waals surface area contributed by atoms with Crippen LogP contribution in [0.15, 0.2) is 29.2 Å². The average molecular weight is 310 g/mol. The summed E-state index contributed by atoms with van der Waals surface area (Å²) >= 11 is 3.27. The van der Waals surface area contributed by atoms with Crippen molar-refractivity contribution in [3.8, 4) is 0 Å². The monoisotopic (exact) mass is 309 g/mol. The van der Waals surface area contributed by atoms with E-state index in [2.05, 4.69) is 15.9 Å². The van der Waals surface area contributed by atoms with Crippen molar-refractivity contribution in [2.24, 2.45) is 0 Å². The van der Waals surface area contributed by atoms with E-state index in [4.69, 9.17) is 0 Å². The minimum atomic E-state index is -3.59. The fourth-order valence-electron chi connectivity index (χ4n) is 1.26. The Morgan fingerprint density at radius 1 is 1.50 bits per heavy atom. The number of halogens is 2. The molecule has 3 nitrogen and oxygen atoms in total. The normalized spacial score (nSPS) is 14.1. The Morgan fingerprint density at radius 2 is 2.12 bits per heavy atom. The van der Waals surface area contributed by atoms with E-state index in [0.29, 0.717) is 6.54 Å². The van der Waals surface area contributed by atoms with Gasteiger partial charge < -0.3 is 0 Å². The van der Waals surface area contributed by atoms with E-state index < -0.39 is 15.8 Å². The van der Waals surface area contributed by atoms with Crippen LogP contribution in [0.4, 0.5) is 4.39 Å². The topological polar surface area (TPSA) is 37.4 Å². The van der Waals surface area contributed by atoms with Gasteiger partial charge in [0.25, 0.3) is 0 Å². The minimum Gasteiger partial charge on any atom is -0.207 e. The van der Waals surface area contributed by atoms with E-state index in [-0.39, 0.29) is 9.72 Å². The summed E-state index contributed by atoms with van der Waals surface area (Å²) in [6.45, 7) is 2.18. The molecule has 0 saturated carbocycles. The highest BCUT2D eigenvalue weighted by atomic mass is 79.9. The molecule has 0 radical (unpaired) electrons. The van der Waals surface area contributed by atoms with Crippen LogP contribution in [0, 0.1) is 5.82 Å². The van der Waals surface area contributed by atoms with Crippen LogP contribution in [0.2, 0.25) is 0 Å². The summed E-state index contributed by atoms with van der Waals surface area (Å²) in [6.07, 6.45) is 0. The second-order valence-corrected chi connectivity index (χ2v) is 7.13. The van der Waals surface area contributed by atoms with Crippen LogP contribution in [-0.2, 0) is 10.0 Å². The third-order valence-corrected chi connectivity index (χ3v) is 4.12. The molecular weight excluding hydrogens is 297 g/mol. The van der Waals surface area contributed by atoms with Gasteiger partial charge in [-0.1, -0.05) is 28.9 Å². The number of alkyl halides is 1. The molecule has 1 aromatic rings. The van der Waals surface area contributed by atoms with Crippen molar-refractivity contribution in [3.05, 3.63) is 30.1 Å². The Hall–Kier alpha value is -0.460. The highest BCUT2D eigenvalue weighted by molar-refractivity contribution is 9.09. The molecule has 0 aliphatic rings. The van der Waals surface area contributed by atoms with Crippen LogP contribution in [0.5, 0.6) is 0 Å². The molecule has 0 aliphatic heterocycles. The number of nitrogens with zero attached hydrogens (tertiary/aromatic N) is 1. The van der Waals surface area contributed by atoms with E-state index in [9.17, 15) is 12.8 Å². The maximum absolute atomic E-state index is 12.9. The van der Waals surface area contributed by atoms with Crippen LogP contribution in [-0.4, -0.2) is 31.1 Å². The van der Waals surface area contributed by atoms with E-state index in [1.54, 1.807) is 0 Å². The molecule has 90 valence electrons. The second kappa shape index (κ2) is 5.25. The Kier molecular flexibility index (Phi) is 4.46. The van der Waals surface area contributed by atoms with Crippen molar-refractivity contribution in [3.63, 3.8) is 0 Å². The molecule has 1 aromatic carbocycles. The van der Waals surface area contributed by atoms with Crippen LogP contribution >= 0.6 is 15.9 Å². The number of benzene rings is 1. The zero-order valence-corrected chi connectivity index (χ0v) is 11.4. The summed E-state index contributed by atoms with van der Waals surface area (Å²) in [5, 5.41) is 0. The Balaban J connectivity index is 3.02. The average Bonchev–Trinajstić information content (AvgIpc) is 2.16. The molecular formula is C10H13BrFNO2S. The highest BCUT2D eigenvalue weighted by Crippen LogP contribution is 2.16. The Labute approximate surface area is 103 Å². The third-order valence-electron chi connectivity index (χ3n) is 2.01. The summed E-state index contributed by atoms with van der Waals surface area (Å²) in [6, 6.07) is 5.00. The van der Waals surface area contributed by atoms with Gasteiger partial charge >= 0.3 is 0 Å². The number of hydrogen-bond donors (Lipinski definition) is 0. The van der Waals surface area contributed by atoms with Gasteiger partial charge in [-0.3, -0.25) is 0 Å². The van der Waals surface area contributed by atoms with Gasteiger partial charge in [-0.05, 0) is 18.2 Å². The zero-order valence-electron chi connectivity index (χ0n) is 9.02. The van der Waals surface area contributed by atoms with E-state index in [1.165, 1.54) is 29.6 Å². The fraction of sp³-hybridized carbons (Fsp3) is 0.400. The summed E-state index contributed by atoms with van der Waals surface area (Å²) in [5.41, 5.74) is 0. The lowest BCUT2D eigenvalue weighted by Gasteiger charge is -2.18. The number of rotatable bonds is 4. The molecule has 1 unspecified atom stereocenters. The molecule has 0 fully saturated rings. The summed E-state index contributed by atoms with van der Waals surface area (Å²) in [5.74, 6) is -0.554. The first kappa shape index (κ1) is 13.6. The van der Waals surface area contributed by atoms with Crippen LogP contribution in [0.25, 0.3) is 0 Å². The Bertz CT molecular complexity index is 462. The third kappa shape index (κ3) is 3.26. The van der Waals surface area contributed by atoms with Crippen molar-refractivity contribution in [2.75, 3.05) is 13.6 Å². The largest absolute Gasteiger partial charge is 0.242 e. The predicted molar refractivity (Wildman–Crippen MR) is 64.6 cm³/mol. The van der Waals surface area contributed by atoms with Crippen molar-refractivity contribution in [1.29, 1.82) is 0 Å². The van der Waals surface area contributed by atoms with Crippen LogP contribution in [0.1, 0.15) is 6.92 Å². The van der Waals surface area contributed by atoms with Crippen molar-refractivity contribution < 1.29 is 12.8 Å². The molecule has 0 bridgehead atoms. The standard InChI is InChI=1S/C10H13BrFNO2S/c1-8(11)7-13(2)16(14,15)10-5-3-4-9(12)6-10/h3-6,8H,7H2,1-2H3. The highest BCUT2D eigenvalue weighted by Gasteiger charge is 2.21. The fourth-order valence-corrected chi connectivity index (χ4v) is 3.18. The molecule has 0 heterocycles. The van der Waals surface area contributed by atoms with Gasteiger partial charge in [0, 0.05) is 18.4 Å². The summed E-state index contributed by atoms with van der Waals surface area (Å²) < 4.78 is 38.0. The van der Waals surface area contributed by atoms with Crippen LogP contribution < -0.4 is 0 Å². The van der Waals surface area contributed by atoms with Gasteiger partial charge in [0.1, 0.15) is 5.82 Å². The predicted octanol–water partition coefficient (Wildman–Crippen LogP) is 2.23. The van der Waals surface area contributed by atoms with Gasteiger partial charge in [-0.2, -0.15) is 4.31 Å². The van der Waals surface area contributed by atoms with Gasteiger partial charge in [-0.25, -0.2) is 12.8 Å². The molecule has 0 saturated heterocycles. The summed E-state index contributed by atoms with van der Waals surface area (Å²) in [7, 11) is -2.12. The SMILES string of the molecule is CC(Br)CN(C)S(=O)(=O)c1cccc(F)c1. The van der Waals surface area contributed by atoms with E-state index in [1.807, 2.05) is 6.92 Å². The van der Waals surface area contributed by atoms with Crippen molar-refractivity contribution in [1.82, 2.24) is 4.31 Å². The maximum Gasteiger partial charge on any atom is 0.242 e. The lowest BCUT2D eigenvalue weighted by atomic mass is 10.4. The smallest absolute Gasteiger partial charge is 0.207 e. The van der Waals surface area contributed by atoms with Crippen LogP contribution in [0.3, 0.4) is 0 Å². The van der Waals surface area contributed by atoms with Gasteiger partial charge in [-0.15, -0.1) is 0 Å². The first-order valence-corrected chi connectivity index (χ1v) is 7.05.